The number of anilines is 2. The first-order valence-corrected chi connectivity index (χ1v) is 4.95. The van der Waals surface area contributed by atoms with Crippen LogP contribution in [-0.4, -0.2) is 19.6 Å². The van der Waals surface area contributed by atoms with Gasteiger partial charge >= 0.3 is 0 Å². The molecule has 1 N–H and O–H groups in total. The first-order chi connectivity index (χ1) is 6.70. The number of hydrogen-bond donors (Lipinski definition) is 1. The highest BCUT2D eigenvalue weighted by Crippen LogP contribution is 2.31. The summed E-state index contributed by atoms with van der Waals surface area (Å²) in [5, 5.41) is 3.14. The molecule has 0 bridgehead atoms. The van der Waals surface area contributed by atoms with Gasteiger partial charge in [0.05, 0.1) is 11.4 Å². The van der Waals surface area contributed by atoms with Gasteiger partial charge in [0.1, 0.15) is 5.82 Å². The van der Waals surface area contributed by atoms with Crippen LogP contribution in [0.5, 0.6) is 0 Å². The summed E-state index contributed by atoms with van der Waals surface area (Å²) in [6, 6.07) is 5.65. The van der Waals surface area contributed by atoms with Crippen molar-refractivity contribution in [1.29, 1.82) is 0 Å². The van der Waals surface area contributed by atoms with Crippen LogP contribution in [0.4, 0.5) is 15.8 Å². The van der Waals surface area contributed by atoms with Gasteiger partial charge in [0.2, 0.25) is 0 Å². The van der Waals surface area contributed by atoms with Gasteiger partial charge in [-0.1, -0.05) is 6.07 Å². The lowest BCUT2D eigenvalue weighted by Crippen LogP contribution is -2.28. The van der Waals surface area contributed by atoms with Gasteiger partial charge in [-0.05, 0) is 25.5 Å². The number of nitrogens with zero attached hydrogens (tertiary/aromatic N) is 1. The van der Waals surface area contributed by atoms with E-state index in [0.717, 1.165) is 18.7 Å². The zero-order valence-corrected chi connectivity index (χ0v) is 8.55. The summed E-state index contributed by atoms with van der Waals surface area (Å²) in [4.78, 5) is 2.12. The molecular weight excluding hydrogens is 179 g/mol. The fraction of sp³-hybridized carbons (Fsp3) is 0.455. The molecule has 0 saturated carbocycles. The van der Waals surface area contributed by atoms with Crippen LogP contribution in [0.2, 0.25) is 0 Å². The summed E-state index contributed by atoms with van der Waals surface area (Å²) in [5.41, 5.74) is 1.59. The SMILES string of the molecule is CC1CCNc2c(F)cccc2N1C. The smallest absolute Gasteiger partial charge is 0.148 e. The molecule has 1 atom stereocenters. The van der Waals surface area contributed by atoms with E-state index in [2.05, 4.69) is 17.1 Å². The molecule has 0 aromatic heterocycles. The fourth-order valence-corrected chi connectivity index (χ4v) is 1.82. The van der Waals surface area contributed by atoms with Crippen molar-refractivity contribution in [3.63, 3.8) is 0 Å². The van der Waals surface area contributed by atoms with Crippen molar-refractivity contribution in [1.82, 2.24) is 0 Å². The van der Waals surface area contributed by atoms with Gasteiger partial charge in [-0.25, -0.2) is 4.39 Å². The predicted molar refractivity (Wildman–Crippen MR) is 57.4 cm³/mol. The molecule has 0 amide bonds. The number of benzene rings is 1. The van der Waals surface area contributed by atoms with E-state index in [-0.39, 0.29) is 5.82 Å². The normalized spacial score (nSPS) is 21.1. The average Bonchev–Trinajstić information content (AvgIpc) is 2.31. The zero-order valence-electron chi connectivity index (χ0n) is 8.55. The Kier molecular flexibility index (Phi) is 2.32. The van der Waals surface area contributed by atoms with E-state index in [9.17, 15) is 4.39 Å². The molecule has 2 nitrogen and oxygen atoms in total. The number of hydrogen-bond acceptors (Lipinski definition) is 2. The van der Waals surface area contributed by atoms with Gasteiger partial charge in [0, 0.05) is 19.6 Å². The Labute approximate surface area is 83.7 Å². The molecular formula is C11H15FN2. The lowest BCUT2D eigenvalue weighted by Gasteiger charge is -2.25. The maximum atomic E-state index is 13.5. The van der Waals surface area contributed by atoms with E-state index < -0.39 is 0 Å². The Morgan fingerprint density at radius 3 is 3.07 bits per heavy atom. The van der Waals surface area contributed by atoms with E-state index in [0.29, 0.717) is 11.7 Å². The molecule has 14 heavy (non-hydrogen) atoms. The molecule has 2 rings (SSSR count). The quantitative estimate of drug-likeness (QED) is 0.682. The molecule has 0 aliphatic carbocycles. The molecule has 1 aromatic rings. The van der Waals surface area contributed by atoms with Crippen molar-refractivity contribution in [2.24, 2.45) is 0 Å². The minimum absolute atomic E-state index is 0.163. The van der Waals surface area contributed by atoms with Crippen LogP contribution >= 0.6 is 0 Å². The molecule has 0 radical (unpaired) electrons. The van der Waals surface area contributed by atoms with E-state index in [1.807, 2.05) is 13.1 Å². The van der Waals surface area contributed by atoms with Crippen LogP contribution in [-0.2, 0) is 0 Å². The fourth-order valence-electron chi connectivity index (χ4n) is 1.82. The van der Waals surface area contributed by atoms with Crippen LogP contribution in [0.15, 0.2) is 18.2 Å². The first kappa shape index (κ1) is 9.31. The van der Waals surface area contributed by atoms with Crippen molar-refractivity contribution in [2.45, 2.75) is 19.4 Å². The minimum Gasteiger partial charge on any atom is -0.381 e. The lowest BCUT2D eigenvalue weighted by molar-refractivity contribution is 0.631. The lowest BCUT2D eigenvalue weighted by atomic mass is 10.2. The Hall–Kier alpha value is -1.25. The molecule has 0 fully saturated rings. The second-order valence-corrected chi connectivity index (χ2v) is 3.81. The summed E-state index contributed by atoms with van der Waals surface area (Å²) < 4.78 is 13.5. The summed E-state index contributed by atoms with van der Waals surface area (Å²) in [5.74, 6) is -0.163. The standard InChI is InChI=1S/C11H15FN2/c1-8-6-7-13-11-9(12)4-3-5-10(11)14(8)2/h3-5,8,13H,6-7H2,1-2H3. The second-order valence-electron chi connectivity index (χ2n) is 3.81. The molecule has 3 heteroatoms. The maximum Gasteiger partial charge on any atom is 0.148 e. The predicted octanol–water partition coefficient (Wildman–Crippen LogP) is 2.47. The zero-order chi connectivity index (χ0) is 10.1. The molecule has 0 saturated heterocycles. The van der Waals surface area contributed by atoms with Crippen LogP contribution in [0.1, 0.15) is 13.3 Å². The van der Waals surface area contributed by atoms with Crippen molar-refractivity contribution >= 4 is 11.4 Å². The summed E-state index contributed by atoms with van der Waals surface area (Å²) >= 11 is 0. The molecule has 1 heterocycles. The van der Waals surface area contributed by atoms with E-state index in [1.165, 1.54) is 6.07 Å². The highest BCUT2D eigenvalue weighted by Gasteiger charge is 2.19. The van der Waals surface area contributed by atoms with Gasteiger partial charge < -0.3 is 10.2 Å². The summed E-state index contributed by atoms with van der Waals surface area (Å²) in [7, 11) is 2.01. The van der Waals surface area contributed by atoms with E-state index >= 15 is 0 Å². The highest BCUT2D eigenvalue weighted by molar-refractivity contribution is 5.71. The molecule has 1 aliphatic heterocycles. The topological polar surface area (TPSA) is 15.3 Å². The number of rotatable bonds is 0. The largest absolute Gasteiger partial charge is 0.381 e. The van der Waals surface area contributed by atoms with Crippen molar-refractivity contribution in [2.75, 3.05) is 23.8 Å². The van der Waals surface area contributed by atoms with Crippen LogP contribution in [0, 0.1) is 5.82 Å². The molecule has 1 unspecified atom stereocenters. The van der Waals surface area contributed by atoms with E-state index in [1.54, 1.807) is 6.07 Å². The molecule has 0 spiro atoms. The second kappa shape index (κ2) is 3.48. The highest BCUT2D eigenvalue weighted by atomic mass is 19.1. The maximum absolute atomic E-state index is 13.5. The van der Waals surface area contributed by atoms with Gasteiger partial charge in [-0.3, -0.25) is 0 Å². The molecule has 1 aromatic carbocycles. The van der Waals surface area contributed by atoms with Gasteiger partial charge in [0.15, 0.2) is 0 Å². The van der Waals surface area contributed by atoms with Gasteiger partial charge in [0.25, 0.3) is 0 Å². The van der Waals surface area contributed by atoms with Gasteiger partial charge in [-0.2, -0.15) is 0 Å². The Morgan fingerprint density at radius 2 is 2.29 bits per heavy atom. The van der Waals surface area contributed by atoms with Crippen molar-refractivity contribution in [3.8, 4) is 0 Å². The van der Waals surface area contributed by atoms with Crippen molar-refractivity contribution in [3.05, 3.63) is 24.0 Å². The van der Waals surface area contributed by atoms with Crippen LogP contribution in [0.3, 0.4) is 0 Å². The Balaban J connectivity index is 2.48. The number of nitrogens with one attached hydrogen (secondary N) is 1. The van der Waals surface area contributed by atoms with Gasteiger partial charge in [-0.15, -0.1) is 0 Å². The number of fused-ring (bicyclic) bond motifs is 1. The van der Waals surface area contributed by atoms with Crippen molar-refractivity contribution < 1.29 is 4.39 Å². The minimum atomic E-state index is -0.163. The molecule has 76 valence electrons. The van der Waals surface area contributed by atoms with E-state index in [4.69, 9.17) is 0 Å². The summed E-state index contributed by atoms with van der Waals surface area (Å²) in [6.45, 7) is 2.99. The third-order valence-corrected chi connectivity index (χ3v) is 2.90. The van der Waals surface area contributed by atoms with Crippen LogP contribution in [0.25, 0.3) is 0 Å². The molecule has 1 aliphatic rings. The average molecular weight is 194 g/mol. The Bertz CT molecular complexity index is 338. The first-order valence-electron chi connectivity index (χ1n) is 4.95. The third-order valence-electron chi connectivity index (χ3n) is 2.90. The number of para-hydroxylation sites is 1. The Morgan fingerprint density at radius 1 is 1.50 bits per heavy atom. The third kappa shape index (κ3) is 1.43. The number of halogens is 1. The van der Waals surface area contributed by atoms with Crippen LogP contribution < -0.4 is 10.2 Å². The summed E-state index contributed by atoms with van der Waals surface area (Å²) in [6.07, 6.45) is 1.03. The monoisotopic (exact) mass is 194 g/mol.